The highest BCUT2D eigenvalue weighted by Gasteiger charge is 2.12. The second-order valence-electron chi connectivity index (χ2n) is 3.83. The molecule has 5 nitrogen and oxygen atoms in total. The Labute approximate surface area is 92.5 Å². The van der Waals surface area contributed by atoms with Gasteiger partial charge >= 0.3 is 5.97 Å². The molecule has 3 N–H and O–H groups in total. The number of carboxylic acid groups (broad SMARTS) is 1. The van der Waals surface area contributed by atoms with Crippen LogP contribution in [-0.2, 0) is 11.2 Å². The van der Waals surface area contributed by atoms with Crippen molar-refractivity contribution in [3.05, 3.63) is 35.8 Å². The van der Waals surface area contributed by atoms with Gasteiger partial charge in [-0.2, -0.15) is 0 Å². The first-order valence-corrected chi connectivity index (χ1v) is 4.99. The van der Waals surface area contributed by atoms with Gasteiger partial charge in [0.05, 0.1) is 5.69 Å². The van der Waals surface area contributed by atoms with Crippen LogP contribution in [0, 0.1) is 6.92 Å². The predicted octanol–water partition coefficient (Wildman–Crippen LogP) is 0.597. The van der Waals surface area contributed by atoms with Crippen LogP contribution in [0.1, 0.15) is 11.3 Å². The lowest BCUT2D eigenvalue weighted by Crippen LogP contribution is -2.32. The SMILES string of the molecule is Cc1cn2cc(CC(N)C(=O)O)ccc2n1. The summed E-state index contributed by atoms with van der Waals surface area (Å²) in [6.45, 7) is 1.91. The smallest absolute Gasteiger partial charge is 0.320 e. The molecule has 0 fully saturated rings. The van der Waals surface area contributed by atoms with Crippen LogP contribution in [0.15, 0.2) is 24.5 Å². The molecule has 0 saturated carbocycles. The van der Waals surface area contributed by atoms with Gasteiger partial charge in [0.2, 0.25) is 0 Å². The van der Waals surface area contributed by atoms with E-state index in [0.717, 1.165) is 16.9 Å². The van der Waals surface area contributed by atoms with Crippen LogP contribution in [0.4, 0.5) is 0 Å². The maximum atomic E-state index is 10.6. The van der Waals surface area contributed by atoms with Crippen LogP contribution in [-0.4, -0.2) is 26.5 Å². The maximum Gasteiger partial charge on any atom is 0.320 e. The Balaban J connectivity index is 2.28. The normalized spacial score (nSPS) is 12.9. The first-order valence-electron chi connectivity index (χ1n) is 4.99. The first-order chi connectivity index (χ1) is 7.56. The highest BCUT2D eigenvalue weighted by atomic mass is 16.4. The van der Waals surface area contributed by atoms with E-state index < -0.39 is 12.0 Å². The van der Waals surface area contributed by atoms with Crippen molar-refractivity contribution in [3.63, 3.8) is 0 Å². The molecule has 1 atom stereocenters. The van der Waals surface area contributed by atoms with Crippen LogP contribution in [0.25, 0.3) is 5.65 Å². The number of rotatable bonds is 3. The molecule has 84 valence electrons. The van der Waals surface area contributed by atoms with Gasteiger partial charge in [-0.05, 0) is 25.0 Å². The second kappa shape index (κ2) is 3.94. The van der Waals surface area contributed by atoms with Gasteiger partial charge in [-0.25, -0.2) is 4.98 Å². The Kier molecular flexibility index (Phi) is 2.62. The lowest BCUT2D eigenvalue weighted by Gasteiger charge is -2.06. The summed E-state index contributed by atoms with van der Waals surface area (Å²) in [5, 5.41) is 8.72. The molecule has 2 aromatic heterocycles. The van der Waals surface area contributed by atoms with Gasteiger partial charge in [-0.3, -0.25) is 4.79 Å². The van der Waals surface area contributed by atoms with Gasteiger partial charge < -0.3 is 15.2 Å². The minimum atomic E-state index is -0.984. The third-order valence-electron chi connectivity index (χ3n) is 2.41. The molecule has 0 aliphatic carbocycles. The van der Waals surface area contributed by atoms with Gasteiger partial charge in [-0.15, -0.1) is 0 Å². The van der Waals surface area contributed by atoms with Crippen molar-refractivity contribution in [1.82, 2.24) is 9.38 Å². The Morgan fingerprint density at radius 1 is 1.56 bits per heavy atom. The number of nitrogens with two attached hydrogens (primary N) is 1. The average Bonchev–Trinajstić information content (AvgIpc) is 2.57. The molecule has 5 heteroatoms. The zero-order valence-electron chi connectivity index (χ0n) is 8.92. The number of carbonyl (C=O) groups is 1. The van der Waals surface area contributed by atoms with Crippen molar-refractivity contribution in [2.75, 3.05) is 0 Å². The summed E-state index contributed by atoms with van der Waals surface area (Å²) in [4.78, 5) is 14.9. The van der Waals surface area contributed by atoms with Crippen LogP contribution >= 0.6 is 0 Å². The zero-order chi connectivity index (χ0) is 11.7. The van der Waals surface area contributed by atoms with Gasteiger partial charge in [-0.1, -0.05) is 6.07 Å². The topological polar surface area (TPSA) is 80.6 Å². The van der Waals surface area contributed by atoms with E-state index in [1.165, 1.54) is 0 Å². The van der Waals surface area contributed by atoms with E-state index in [1.807, 2.05) is 35.9 Å². The molecule has 0 spiro atoms. The number of aliphatic carboxylic acids is 1. The summed E-state index contributed by atoms with van der Waals surface area (Å²) in [5.41, 5.74) is 8.14. The number of pyridine rings is 1. The van der Waals surface area contributed by atoms with Crippen molar-refractivity contribution in [1.29, 1.82) is 0 Å². The summed E-state index contributed by atoms with van der Waals surface area (Å²) in [5.74, 6) is -0.984. The van der Waals surface area contributed by atoms with E-state index in [1.54, 1.807) is 0 Å². The molecule has 0 radical (unpaired) electrons. The molecule has 0 aromatic carbocycles. The highest BCUT2D eigenvalue weighted by molar-refractivity contribution is 5.73. The van der Waals surface area contributed by atoms with E-state index in [2.05, 4.69) is 4.98 Å². The number of aryl methyl sites for hydroxylation is 1. The number of fused-ring (bicyclic) bond motifs is 1. The number of hydrogen-bond donors (Lipinski definition) is 2. The monoisotopic (exact) mass is 219 g/mol. The molecule has 2 aromatic rings. The van der Waals surface area contributed by atoms with E-state index in [0.29, 0.717) is 6.42 Å². The molecule has 0 amide bonds. The minimum Gasteiger partial charge on any atom is -0.480 e. The standard InChI is InChI=1S/C11H13N3O2/c1-7-5-14-6-8(2-3-10(14)13-7)4-9(12)11(15)16/h2-3,5-6,9H,4,12H2,1H3,(H,15,16). The minimum absolute atomic E-state index is 0.322. The lowest BCUT2D eigenvalue weighted by molar-refractivity contribution is -0.138. The fraction of sp³-hybridized carbons (Fsp3) is 0.273. The van der Waals surface area contributed by atoms with Crippen LogP contribution < -0.4 is 5.73 Å². The Morgan fingerprint density at radius 3 is 3.00 bits per heavy atom. The first kappa shape index (κ1) is 10.6. The Hall–Kier alpha value is -1.88. The van der Waals surface area contributed by atoms with Crippen molar-refractivity contribution in [3.8, 4) is 0 Å². The molecule has 16 heavy (non-hydrogen) atoms. The molecular formula is C11H13N3O2. The maximum absolute atomic E-state index is 10.6. The number of nitrogens with zero attached hydrogens (tertiary/aromatic N) is 2. The van der Waals surface area contributed by atoms with Gasteiger partial charge in [0.25, 0.3) is 0 Å². The largest absolute Gasteiger partial charge is 0.480 e. The summed E-state index contributed by atoms with van der Waals surface area (Å²) in [6, 6.07) is 2.85. The molecule has 0 aliphatic rings. The van der Waals surface area contributed by atoms with Crippen molar-refractivity contribution >= 4 is 11.6 Å². The van der Waals surface area contributed by atoms with Crippen LogP contribution in [0.5, 0.6) is 0 Å². The third kappa shape index (κ3) is 2.04. The number of carboxylic acids is 1. The molecule has 0 saturated heterocycles. The highest BCUT2D eigenvalue weighted by Crippen LogP contribution is 2.08. The Morgan fingerprint density at radius 2 is 2.31 bits per heavy atom. The van der Waals surface area contributed by atoms with E-state index in [4.69, 9.17) is 10.8 Å². The molecule has 1 unspecified atom stereocenters. The Bertz CT molecular complexity index is 533. The van der Waals surface area contributed by atoms with Crippen molar-refractivity contribution in [2.45, 2.75) is 19.4 Å². The number of imidazole rings is 1. The second-order valence-corrected chi connectivity index (χ2v) is 3.83. The lowest BCUT2D eigenvalue weighted by atomic mass is 10.1. The molecular weight excluding hydrogens is 206 g/mol. The van der Waals surface area contributed by atoms with E-state index in [-0.39, 0.29) is 0 Å². The predicted molar refractivity (Wildman–Crippen MR) is 59.2 cm³/mol. The average molecular weight is 219 g/mol. The van der Waals surface area contributed by atoms with Crippen molar-refractivity contribution in [2.24, 2.45) is 5.73 Å². The zero-order valence-corrected chi connectivity index (χ0v) is 8.92. The van der Waals surface area contributed by atoms with Crippen molar-refractivity contribution < 1.29 is 9.90 Å². The molecule has 2 rings (SSSR count). The third-order valence-corrected chi connectivity index (χ3v) is 2.41. The molecule has 0 aliphatic heterocycles. The van der Waals surface area contributed by atoms with Gasteiger partial charge in [0.1, 0.15) is 11.7 Å². The summed E-state index contributed by atoms with van der Waals surface area (Å²) in [7, 11) is 0. The number of hydrogen-bond acceptors (Lipinski definition) is 3. The van der Waals surface area contributed by atoms with Gasteiger partial charge in [0.15, 0.2) is 0 Å². The van der Waals surface area contributed by atoms with Crippen LogP contribution in [0.2, 0.25) is 0 Å². The quantitative estimate of drug-likeness (QED) is 0.792. The summed E-state index contributed by atoms with van der Waals surface area (Å²) < 4.78 is 1.87. The van der Waals surface area contributed by atoms with E-state index >= 15 is 0 Å². The number of aromatic nitrogens is 2. The summed E-state index contributed by atoms with van der Waals surface area (Å²) in [6.07, 6.45) is 4.08. The molecule has 2 heterocycles. The fourth-order valence-electron chi connectivity index (χ4n) is 1.63. The summed E-state index contributed by atoms with van der Waals surface area (Å²) >= 11 is 0. The molecule has 0 bridgehead atoms. The van der Waals surface area contributed by atoms with Crippen LogP contribution in [0.3, 0.4) is 0 Å². The van der Waals surface area contributed by atoms with Gasteiger partial charge in [0, 0.05) is 12.4 Å². The fourth-order valence-corrected chi connectivity index (χ4v) is 1.63. The van der Waals surface area contributed by atoms with E-state index in [9.17, 15) is 4.79 Å².